The molecule has 1 aromatic heterocycles. The Morgan fingerprint density at radius 1 is 1.10 bits per heavy atom. The van der Waals surface area contributed by atoms with Crippen LogP contribution in [0.25, 0.3) is 17.0 Å². The summed E-state index contributed by atoms with van der Waals surface area (Å²) in [6, 6.07) is 13.8. The Labute approximate surface area is 115 Å². The second kappa shape index (κ2) is 5.13. The fourth-order valence-corrected chi connectivity index (χ4v) is 2.15. The van der Waals surface area contributed by atoms with Gasteiger partial charge in [0.25, 0.3) is 0 Å². The molecule has 1 heterocycles. The van der Waals surface area contributed by atoms with Gasteiger partial charge in [0.1, 0.15) is 5.82 Å². The van der Waals surface area contributed by atoms with Crippen LogP contribution in [-0.4, -0.2) is 10.8 Å². The Hall–Kier alpha value is -2.68. The average Bonchev–Trinajstić information content (AvgIpc) is 2.89. The van der Waals surface area contributed by atoms with E-state index in [0.717, 1.165) is 10.9 Å². The molecular weight excluding hydrogens is 253 g/mol. The van der Waals surface area contributed by atoms with Gasteiger partial charge in [0.2, 0.25) is 0 Å². The first kappa shape index (κ1) is 12.4. The fraction of sp³-hybridized carbons (Fsp3) is 0. The molecule has 0 fully saturated rings. The number of aromatic amines is 1. The lowest BCUT2D eigenvalue weighted by molar-refractivity contribution is 0.104. The molecular formula is C17H12FNO. The summed E-state index contributed by atoms with van der Waals surface area (Å²) in [5.74, 6) is -0.418. The van der Waals surface area contributed by atoms with Crippen molar-refractivity contribution in [3.8, 4) is 0 Å². The molecule has 2 aromatic carbocycles. The highest BCUT2D eigenvalue weighted by atomic mass is 19.1. The van der Waals surface area contributed by atoms with Gasteiger partial charge in [-0.1, -0.05) is 36.4 Å². The maximum atomic E-state index is 13.0. The SMILES string of the molecule is O=C(/C=C/c1cccc(F)c1)c1c[nH]c2ccccc12. The van der Waals surface area contributed by atoms with Crippen LogP contribution in [-0.2, 0) is 0 Å². The van der Waals surface area contributed by atoms with Crippen molar-refractivity contribution < 1.29 is 9.18 Å². The highest BCUT2D eigenvalue weighted by molar-refractivity contribution is 6.14. The van der Waals surface area contributed by atoms with Crippen molar-refractivity contribution in [2.45, 2.75) is 0 Å². The Balaban J connectivity index is 1.90. The van der Waals surface area contributed by atoms with E-state index >= 15 is 0 Å². The first-order valence-electron chi connectivity index (χ1n) is 6.28. The first-order valence-corrected chi connectivity index (χ1v) is 6.28. The summed E-state index contributed by atoms with van der Waals surface area (Å²) in [6.45, 7) is 0. The number of benzene rings is 2. The maximum absolute atomic E-state index is 13.0. The topological polar surface area (TPSA) is 32.9 Å². The molecule has 0 aliphatic heterocycles. The molecule has 0 unspecified atom stereocenters. The van der Waals surface area contributed by atoms with Crippen molar-refractivity contribution in [2.24, 2.45) is 0 Å². The number of rotatable bonds is 3. The van der Waals surface area contributed by atoms with Crippen LogP contribution in [0, 0.1) is 5.82 Å². The zero-order chi connectivity index (χ0) is 13.9. The van der Waals surface area contributed by atoms with Crippen LogP contribution < -0.4 is 0 Å². The van der Waals surface area contributed by atoms with Crippen molar-refractivity contribution in [2.75, 3.05) is 0 Å². The van der Waals surface area contributed by atoms with E-state index in [4.69, 9.17) is 0 Å². The lowest BCUT2D eigenvalue weighted by Gasteiger charge is -1.95. The summed E-state index contributed by atoms with van der Waals surface area (Å²) < 4.78 is 13.0. The van der Waals surface area contributed by atoms with Crippen LogP contribution in [0.5, 0.6) is 0 Å². The van der Waals surface area contributed by atoms with Gasteiger partial charge >= 0.3 is 0 Å². The molecule has 0 saturated heterocycles. The van der Waals surface area contributed by atoms with Gasteiger partial charge in [0.15, 0.2) is 5.78 Å². The summed E-state index contributed by atoms with van der Waals surface area (Å²) >= 11 is 0. The first-order chi connectivity index (χ1) is 9.74. The van der Waals surface area contributed by atoms with Gasteiger partial charge in [-0.25, -0.2) is 4.39 Å². The molecule has 0 aliphatic carbocycles. The predicted octanol–water partition coefficient (Wildman–Crippen LogP) is 4.20. The van der Waals surface area contributed by atoms with E-state index in [1.165, 1.54) is 18.2 Å². The molecule has 0 atom stereocenters. The number of halogens is 1. The van der Waals surface area contributed by atoms with Crippen molar-refractivity contribution >= 4 is 22.8 Å². The van der Waals surface area contributed by atoms with Gasteiger partial charge < -0.3 is 4.98 Å². The van der Waals surface area contributed by atoms with E-state index in [-0.39, 0.29) is 11.6 Å². The maximum Gasteiger partial charge on any atom is 0.187 e. The molecule has 0 bridgehead atoms. The number of nitrogens with one attached hydrogen (secondary N) is 1. The summed E-state index contributed by atoms with van der Waals surface area (Å²) in [5, 5.41) is 0.890. The largest absolute Gasteiger partial charge is 0.360 e. The monoisotopic (exact) mass is 265 g/mol. The molecule has 1 N–H and O–H groups in total. The van der Waals surface area contributed by atoms with Gasteiger partial charge in [-0.15, -0.1) is 0 Å². The molecule has 0 amide bonds. The molecule has 3 heteroatoms. The fourth-order valence-electron chi connectivity index (χ4n) is 2.15. The zero-order valence-electron chi connectivity index (χ0n) is 10.6. The number of carbonyl (C=O) groups excluding carboxylic acids is 1. The van der Waals surface area contributed by atoms with E-state index in [9.17, 15) is 9.18 Å². The molecule has 3 aromatic rings. The minimum absolute atomic E-state index is 0.105. The van der Waals surface area contributed by atoms with E-state index in [1.807, 2.05) is 24.3 Å². The van der Waals surface area contributed by atoms with Gasteiger partial charge in [0.05, 0.1) is 0 Å². The van der Waals surface area contributed by atoms with Crippen molar-refractivity contribution in [1.82, 2.24) is 4.98 Å². The van der Waals surface area contributed by atoms with E-state index in [0.29, 0.717) is 11.1 Å². The van der Waals surface area contributed by atoms with E-state index in [1.54, 1.807) is 24.4 Å². The number of aromatic nitrogens is 1. The third kappa shape index (κ3) is 2.38. The smallest absolute Gasteiger partial charge is 0.187 e. The third-order valence-electron chi connectivity index (χ3n) is 3.13. The van der Waals surface area contributed by atoms with Crippen LogP contribution >= 0.6 is 0 Å². The van der Waals surface area contributed by atoms with E-state index in [2.05, 4.69) is 4.98 Å². The number of fused-ring (bicyclic) bond motifs is 1. The number of para-hydroxylation sites is 1. The summed E-state index contributed by atoms with van der Waals surface area (Å²) in [6.07, 6.45) is 4.78. The molecule has 0 radical (unpaired) electrons. The number of ketones is 1. The molecule has 3 rings (SSSR count). The number of carbonyl (C=O) groups is 1. The minimum atomic E-state index is -0.313. The van der Waals surface area contributed by atoms with Crippen molar-refractivity contribution in [1.29, 1.82) is 0 Å². The Kier molecular flexibility index (Phi) is 3.17. The third-order valence-corrected chi connectivity index (χ3v) is 3.13. The van der Waals surface area contributed by atoms with Gasteiger partial charge in [-0.2, -0.15) is 0 Å². The number of H-pyrrole nitrogens is 1. The second-order valence-corrected chi connectivity index (χ2v) is 4.50. The Bertz CT molecular complexity index is 801. The van der Waals surface area contributed by atoms with Crippen LogP contribution in [0.4, 0.5) is 4.39 Å². The molecule has 0 aliphatic rings. The molecule has 0 saturated carbocycles. The molecule has 98 valence electrons. The number of allylic oxidation sites excluding steroid dienone is 1. The quantitative estimate of drug-likeness (QED) is 0.558. The minimum Gasteiger partial charge on any atom is -0.360 e. The summed E-state index contributed by atoms with van der Waals surface area (Å²) in [5.41, 5.74) is 2.21. The van der Waals surface area contributed by atoms with E-state index < -0.39 is 0 Å². The summed E-state index contributed by atoms with van der Waals surface area (Å²) in [7, 11) is 0. The highest BCUT2D eigenvalue weighted by Gasteiger charge is 2.08. The second-order valence-electron chi connectivity index (χ2n) is 4.50. The normalized spacial score (nSPS) is 11.2. The summed E-state index contributed by atoms with van der Waals surface area (Å²) in [4.78, 5) is 15.2. The lowest BCUT2D eigenvalue weighted by Crippen LogP contribution is -1.92. The van der Waals surface area contributed by atoms with Crippen LogP contribution in [0.15, 0.2) is 60.8 Å². The van der Waals surface area contributed by atoms with Gasteiger partial charge in [-0.05, 0) is 29.8 Å². The van der Waals surface area contributed by atoms with Crippen molar-refractivity contribution in [3.63, 3.8) is 0 Å². The number of hydrogen-bond acceptors (Lipinski definition) is 1. The Morgan fingerprint density at radius 2 is 1.95 bits per heavy atom. The standard InChI is InChI=1S/C17H12FNO/c18-13-5-3-4-12(10-13)8-9-17(20)15-11-19-16-7-2-1-6-14(15)16/h1-11,19H/b9-8+. The lowest BCUT2D eigenvalue weighted by atomic mass is 10.1. The van der Waals surface area contributed by atoms with Gasteiger partial charge in [0, 0.05) is 22.7 Å². The number of hydrogen-bond donors (Lipinski definition) is 1. The zero-order valence-corrected chi connectivity index (χ0v) is 10.6. The van der Waals surface area contributed by atoms with Gasteiger partial charge in [-0.3, -0.25) is 4.79 Å². The van der Waals surface area contributed by atoms with Crippen LogP contribution in [0.2, 0.25) is 0 Å². The van der Waals surface area contributed by atoms with Crippen LogP contribution in [0.3, 0.4) is 0 Å². The predicted molar refractivity (Wildman–Crippen MR) is 78.1 cm³/mol. The molecule has 20 heavy (non-hydrogen) atoms. The Morgan fingerprint density at radius 3 is 2.80 bits per heavy atom. The molecule has 0 spiro atoms. The molecule has 2 nitrogen and oxygen atoms in total. The highest BCUT2D eigenvalue weighted by Crippen LogP contribution is 2.18. The van der Waals surface area contributed by atoms with Crippen molar-refractivity contribution in [3.05, 3.63) is 77.7 Å². The average molecular weight is 265 g/mol. The van der Waals surface area contributed by atoms with Crippen LogP contribution in [0.1, 0.15) is 15.9 Å².